The van der Waals surface area contributed by atoms with Crippen LogP contribution in [0, 0.1) is 0 Å². The first-order valence-electron chi connectivity index (χ1n) is 8.13. The van der Waals surface area contributed by atoms with Crippen molar-refractivity contribution in [3.8, 4) is 5.75 Å². The summed E-state index contributed by atoms with van der Waals surface area (Å²) in [7, 11) is 3.67. The van der Waals surface area contributed by atoms with E-state index in [0.29, 0.717) is 22.1 Å². The van der Waals surface area contributed by atoms with E-state index in [1.807, 2.05) is 12.3 Å². The zero-order valence-corrected chi connectivity index (χ0v) is 16.8. The second-order valence-electron chi connectivity index (χ2n) is 5.69. The number of pyridine rings is 1. The van der Waals surface area contributed by atoms with E-state index < -0.39 is 6.61 Å². The number of aromatic nitrogens is 1. The molecule has 0 spiro atoms. The number of carbonyl (C=O) groups excluding carboxylic acids is 1. The van der Waals surface area contributed by atoms with Gasteiger partial charge in [-0.1, -0.05) is 43.5 Å². The van der Waals surface area contributed by atoms with Crippen LogP contribution >= 0.6 is 23.2 Å². The Kier molecular flexibility index (Phi) is 9.80. The average molecular weight is 405 g/mol. The third kappa shape index (κ3) is 5.51. The SMILES string of the molecule is CCC.COc1cc2c3c(cnc2c(Cl)c1Cl)CN(C)C3.O=CCOF. The molecule has 8 heteroatoms. The molecule has 0 radical (unpaired) electrons. The topological polar surface area (TPSA) is 51.7 Å². The number of benzene rings is 1. The molecular weight excluding hydrogens is 382 g/mol. The highest BCUT2D eigenvalue weighted by molar-refractivity contribution is 6.46. The van der Waals surface area contributed by atoms with Crippen molar-refractivity contribution in [3.63, 3.8) is 0 Å². The van der Waals surface area contributed by atoms with E-state index in [-0.39, 0.29) is 0 Å². The van der Waals surface area contributed by atoms with E-state index in [2.05, 4.69) is 35.7 Å². The summed E-state index contributed by atoms with van der Waals surface area (Å²) in [4.78, 5) is 18.5. The standard InChI is InChI=1S/C13H12Cl2N2O.C3H8.C2H3FO2/c1-17-5-7-4-16-13-8(9(7)6-17)3-10(18-2)11(14)12(13)15;1-3-2;3-5-2-1-4/h3-4H,5-6H2,1-2H3;3H2,1-2H3;1H,2H2. The molecule has 144 valence electrons. The van der Waals surface area contributed by atoms with Crippen LogP contribution in [-0.4, -0.2) is 36.9 Å². The Bertz CT molecular complexity index is 744. The van der Waals surface area contributed by atoms with Gasteiger partial charge in [0.15, 0.2) is 0 Å². The Hall–Kier alpha value is -1.47. The van der Waals surface area contributed by atoms with Gasteiger partial charge in [-0.3, -0.25) is 9.88 Å². The molecule has 1 aromatic heterocycles. The van der Waals surface area contributed by atoms with Gasteiger partial charge in [0.2, 0.25) is 0 Å². The summed E-state index contributed by atoms with van der Waals surface area (Å²) < 4.78 is 15.5. The molecule has 0 N–H and O–H groups in total. The molecule has 0 atom stereocenters. The number of halogens is 3. The lowest BCUT2D eigenvalue weighted by Crippen LogP contribution is -2.07. The molecule has 0 amide bonds. The highest BCUT2D eigenvalue weighted by atomic mass is 35.5. The predicted octanol–water partition coefficient (Wildman–Crippen LogP) is 5.00. The number of carbonyl (C=O) groups is 1. The molecule has 0 saturated carbocycles. The van der Waals surface area contributed by atoms with E-state index in [1.165, 1.54) is 17.5 Å². The third-order valence-corrected chi connectivity index (χ3v) is 4.27. The van der Waals surface area contributed by atoms with Crippen LogP contribution in [0.25, 0.3) is 10.9 Å². The molecule has 1 aliphatic rings. The van der Waals surface area contributed by atoms with E-state index in [9.17, 15) is 4.53 Å². The Morgan fingerprint density at radius 3 is 2.46 bits per heavy atom. The van der Waals surface area contributed by atoms with Crippen LogP contribution < -0.4 is 4.74 Å². The number of fused-ring (bicyclic) bond motifs is 3. The van der Waals surface area contributed by atoms with E-state index >= 15 is 0 Å². The van der Waals surface area contributed by atoms with Crippen LogP contribution in [0.2, 0.25) is 10.0 Å². The minimum absolute atomic E-state index is 0.333. The Morgan fingerprint density at radius 2 is 1.96 bits per heavy atom. The minimum atomic E-state index is -0.458. The highest BCUT2D eigenvalue weighted by Gasteiger charge is 2.22. The van der Waals surface area contributed by atoms with Crippen molar-refractivity contribution >= 4 is 40.4 Å². The lowest BCUT2D eigenvalue weighted by atomic mass is 10.1. The maximum absolute atomic E-state index is 10.3. The molecule has 1 aliphatic heterocycles. The van der Waals surface area contributed by atoms with Crippen molar-refractivity contribution in [2.45, 2.75) is 33.4 Å². The van der Waals surface area contributed by atoms with Crippen molar-refractivity contribution in [1.29, 1.82) is 0 Å². The van der Waals surface area contributed by atoms with Gasteiger partial charge >= 0.3 is 0 Å². The van der Waals surface area contributed by atoms with Crippen molar-refractivity contribution in [1.82, 2.24) is 9.88 Å². The summed E-state index contributed by atoms with van der Waals surface area (Å²) in [6, 6.07) is 1.93. The Morgan fingerprint density at radius 1 is 1.31 bits per heavy atom. The van der Waals surface area contributed by atoms with Gasteiger partial charge in [-0.15, -0.1) is 0 Å². The summed E-state index contributed by atoms with van der Waals surface area (Å²) in [5.74, 6) is 0.596. The summed E-state index contributed by atoms with van der Waals surface area (Å²) in [6.07, 6.45) is 3.47. The van der Waals surface area contributed by atoms with Crippen LogP contribution in [0.5, 0.6) is 5.75 Å². The van der Waals surface area contributed by atoms with Crippen LogP contribution in [0.1, 0.15) is 31.4 Å². The van der Waals surface area contributed by atoms with Crippen molar-refractivity contribution in [2.24, 2.45) is 0 Å². The van der Waals surface area contributed by atoms with Gasteiger partial charge in [0.05, 0.1) is 17.6 Å². The van der Waals surface area contributed by atoms with Crippen molar-refractivity contribution in [3.05, 3.63) is 33.4 Å². The van der Waals surface area contributed by atoms with Gasteiger partial charge in [0.25, 0.3) is 0 Å². The number of nitrogens with zero attached hydrogens (tertiary/aromatic N) is 2. The van der Waals surface area contributed by atoms with Crippen LogP contribution in [0.3, 0.4) is 0 Å². The zero-order chi connectivity index (χ0) is 19.7. The van der Waals surface area contributed by atoms with Crippen LogP contribution in [-0.2, 0) is 22.8 Å². The Labute approximate surface area is 162 Å². The van der Waals surface area contributed by atoms with Crippen LogP contribution in [0.4, 0.5) is 4.53 Å². The minimum Gasteiger partial charge on any atom is -0.495 e. The van der Waals surface area contributed by atoms with E-state index in [0.717, 1.165) is 24.0 Å². The van der Waals surface area contributed by atoms with E-state index in [1.54, 1.807) is 7.11 Å². The Balaban J connectivity index is 0.000000361. The van der Waals surface area contributed by atoms with Gasteiger partial charge in [-0.2, -0.15) is 4.94 Å². The molecule has 0 saturated heterocycles. The molecule has 0 unspecified atom stereocenters. The summed E-state index contributed by atoms with van der Waals surface area (Å²) in [5.41, 5.74) is 3.25. The summed E-state index contributed by atoms with van der Waals surface area (Å²) in [5, 5.41) is 1.91. The van der Waals surface area contributed by atoms with Crippen molar-refractivity contribution in [2.75, 3.05) is 20.8 Å². The normalized spacial score (nSPS) is 12.6. The predicted molar refractivity (Wildman–Crippen MR) is 103 cm³/mol. The fourth-order valence-corrected chi connectivity index (χ4v) is 2.92. The van der Waals surface area contributed by atoms with Crippen LogP contribution in [0.15, 0.2) is 12.3 Å². The molecule has 26 heavy (non-hydrogen) atoms. The number of methoxy groups -OCH3 is 1. The lowest BCUT2D eigenvalue weighted by molar-refractivity contribution is -0.145. The molecule has 2 aromatic rings. The number of ether oxygens (including phenoxy) is 1. The smallest absolute Gasteiger partial charge is 0.149 e. The lowest BCUT2D eigenvalue weighted by Gasteiger charge is -2.10. The number of hydrogen-bond acceptors (Lipinski definition) is 5. The fraction of sp³-hybridized carbons (Fsp3) is 0.444. The van der Waals surface area contributed by atoms with Gasteiger partial charge < -0.3 is 9.53 Å². The highest BCUT2D eigenvalue weighted by Crippen LogP contribution is 2.40. The molecule has 0 aliphatic carbocycles. The molecule has 1 aromatic carbocycles. The molecule has 0 bridgehead atoms. The first kappa shape index (κ1) is 22.6. The second kappa shape index (κ2) is 11.3. The average Bonchev–Trinajstić information content (AvgIpc) is 3.00. The third-order valence-electron chi connectivity index (χ3n) is 3.43. The summed E-state index contributed by atoms with van der Waals surface area (Å²) in [6.45, 7) is 5.61. The van der Waals surface area contributed by atoms with Gasteiger partial charge in [0, 0.05) is 24.7 Å². The largest absolute Gasteiger partial charge is 0.495 e. The monoisotopic (exact) mass is 404 g/mol. The number of aldehydes is 1. The molecular formula is C18H23Cl2FN2O3. The second-order valence-corrected chi connectivity index (χ2v) is 6.44. The zero-order valence-electron chi connectivity index (χ0n) is 15.3. The molecule has 2 heterocycles. The maximum atomic E-state index is 10.3. The first-order chi connectivity index (χ1) is 12.4. The van der Waals surface area contributed by atoms with Gasteiger partial charge in [-0.05, 0) is 28.8 Å². The summed E-state index contributed by atoms with van der Waals surface area (Å²) >= 11 is 12.4. The maximum Gasteiger partial charge on any atom is 0.149 e. The van der Waals surface area contributed by atoms with Gasteiger partial charge in [-0.25, -0.2) is 0 Å². The molecule has 0 fully saturated rings. The fourth-order valence-electron chi connectivity index (χ4n) is 2.46. The van der Waals surface area contributed by atoms with Crippen molar-refractivity contribution < 1.29 is 19.0 Å². The molecule has 5 nitrogen and oxygen atoms in total. The van der Waals surface area contributed by atoms with Gasteiger partial charge in [0.1, 0.15) is 23.7 Å². The quantitative estimate of drug-likeness (QED) is 0.673. The number of rotatable bonds is 3. The molecule has 3 rings (SSSR count). The van der Waals surface area contributed by atoms with E-state index in [4.69, 9.17) is 32.7 Å². The first-order valence-corrected chi connectivity index (χ1v) is 8.88. The number of hydrogen-bond donors (Lipinski definition) is 0.